The highest BCUT2D eigenvalue weighted by molar-refractivity contribution is 6.41. The van der Waals surface area contributed by atoms with E-state index in [4.69, 9.17) is 23.2 Å². The van der Waals surface area contributed by atoms with E-state index in [-0.39, 0.29) is 10.0 Å². The van der Waals surface area contributed by atoms with Gasteiger partial charge < -0.3 is 0 Å². The molecule has 2 aromatic rings. The van der Waals surface area contributed by atoms with Gasteiger partial charge in [0.05, 0.1) is 11.2 Å². The van der Waals surface area contributed by atoms with Crippen molar-refractivity contribution >= 4 is 23.2 Å². The normalized spacial score (nSPS) is 10.3. The third kappa shape index (κ3) is 1.86. The summed E-state index contributed by atoms with van der Waals surface area (Å²) in [4.78, 5) is 15.6. The lowest BCUT2D eigenvalue weighted by atomic mass is 10.4. The van der Waals surface area contributed by atoms with Gasteiger partial charge in [0, 0.05) is 6.20 Å². The topological polar surface area (TPSA) is 47.8 Å². The van der Waals surface area contributed by atoms with Crippen molar-refractivity contribution in [2.75, 3.05) is 0 Å². The molecule has 0 saturated carbocycles. The third-order valence-corrected chi connectivity index (χ3v) is 2.49. The SMILES string of the molecule is O=c1c(Cl)c(Cl)cnn1-c1ccccn1. The number of nitrogens with zero attached hydrogens (tertiary/aromatic N) is 3. The smallest absolute Gasteiger partial charge is 0.266 e. The summed E-state index contributed by atoms with van der Waals surface area (Å²) in [5.74, 6) is 0.404. The van der Waals surface area contributed by atoms with Crippen molar-refractivity contribution in [2.45, 2.75) is 0 Å². The Bertz CT molecular complexity index is 539. The van der Waals surface area contributed by atoms with Gasteiger partial charge in [-0.15, -0.1) is 0 Å². The molecule has 0 fully saturated rings. The van der Waals surface area contributed by atoms with Crippen molar-refractivity contribution in [3.8, 4) is 5.82 Å². The average molecular weight is 242 g/mol. The van der Waals surface area contributed by atoms with Gasteiger partial charge in [0.1, 0.15) is 5.02 Å². The Hall–Kier alpha value is -1.39. The average Bonchev–Trinajstić information content (AvgIpc) is 2.27. The van der Waals surface area contributed by atoms with Gasteiger partial charge in [-0.1, -0.05) is 29.3 Å². The summed E-state index contributed by atoms with van der Waals surface area (Å²) in [5.41, 5.74) is -0.483. The molecule has 2 heterocycles. The molecule has 0 aliphatic carbocycles. The van der Waals surface area contributed by atoms with Crippen molar-refractivity contribution in [2.24, 2.45) is 0 Å². The fourth-order valence-electron chi connectivity index (χ4n) is 1.05. The molecule has 0 aliphatic rings. The van der Waals surface area contributed by atoms with Crippen molar-refractivity contribution in [3.63, 3.8) is 0 Å². The van der Waals surface area contributed by atoms with Crippen LogP contribution in [-0.2, 0) is 0 Å². The minimum absolute atomic E-state index is 0.0580. The number of hydrogen-bond donors (Lipinski definition) is 0. The standard InChI is InChI=1S/C9H5Cl2N3O/c10-6-5-13-14(9(15)8(6)11)7-3-1-2-4-12-7/h1-5H. The molecule has 0 radical (unpaired) electrons. The second-order valence-electron chi connectivity index (χ2n) is 2.71. The first-order valence-electron chi connectivity index (χ1n) is 4.05. The van der Waals surface area contributed by atoms with Crippen LogP contribution in [0, 0.1) is 0 Å². The van der Waals surface area contributed by atoms with Crippen LogP contribution in [0.1, 0.15) is 0 Å². The van der Waals surface area contributed by atoms with Crippen LogP contribution in [0.25, 0.3) is 5.82 Å². The second-order valence-corrected chi connectivity index (χ2v) is 3.50. The molecule has 2 aromatic heterocycles. The molecule has 6 heteroatoms. The third-order valence-electron chi connectivity index (χ3n) is 1.74. The van der Waals surface area contributed by atoms with Gasteiger partial charge in [0.15, 0.2) is 5.82 Å². The first-order valence-corrected chi connectivity index (χ1v) is 4.80. The number of hydrogen-bond acceptors (Lipinski definition) is 3. The molecule has 0 atom stereocenters. The maximum Gasteiger partial charge on any atom is 0.293 e. The summed E-state index contributed by atoms with van der Waals surface area (Å²) < 4.78 is 1.09. The Morgan fingerprint density at radius 3 is 2.73 bits per heavy atom. The summed E-state index contributed by atoms with van der Waals surface area (Å²) in [5, 5.41) is 3.91. The molecular weight excluding hydrogens is 237 g/mol. The predicted octanol–water partition coefficient (Wildman–Crippen LogP) is 1.93. The van der Waals surface area contributed by atoms with Crippen molar-refractivity contribution in [1.82, 2.24) is 14.8 Å². The van der Waals surface area contributed by atoms with E-state index in [1.54, 1.807) is 24.4 Å². The monoisotopic (exact) mass is 241 g/mol. The minimum Gasteiger partial charge on any atom is -0.266 e. The molecule has 0 aliphatic heterocycles. The van der Waals surface area contributed by atoms with Crippen molar-refractivity contribution in [3.05, 3.63) is 51.0 Å². The van der Waals surface area contributed by atoms with Crippen molar-refractivity contribution < 1.29 is 0 Å². The maximum absolute atomic E-state index is 11.6. The number of pyridine rings is 1. The number of rotatable bonds is 1. The summed E-state index contributed by atoms with van der Waals surface area (Å²) in [6.07, 6.45) is 2.87. The number of halogens is 2. The molecule has 76 valence electrons. The van der Waals surface area contributed by atoms with Crippen LogP contribution in [0.5, 0.6) is 0 Å². The molecule has 0 aromatic carbocycles. The maximum atomic E-state index is 11.6. The van der Waals surface area contributed by atoms with Crippen LogP contribution < -0.4 is 5.56 Å². The van der Waals surface area contributed by atoms with E-state index in [1.807, 2.05) is 0 Å². The van der Waals surface area contributed by atoms with E-state index in [2.05, 4.69) is 10.1 Å². The zero-order valence-electron chi connectivity index (χ0n) is 7.39. The Kier molecular flexibility index (Phi) is 2.70. The Morgan fingerprint density at radius 2 is 2.07 bits per heavy atom. The second kappa shape index (κ2) is 4.00. The molecule has 4 nitrogen and oxygen atoms in total. The molecule has 0 saturated heterocycles. The number of aromatic nitrogens is 3. The summed E-state index contributed by atoms with van der Waals surface area (Å²) in [7, 11) is 0. The van der Waals surface area contributed by atoms with Crippen LogP contribution >= 0.6 is 23.2 Å². The quantitative estimate of drug-likeness (QED) is 0.767. The van der Waals surface area contributed by atoms with Crippen LogP contribution in [0.3, 0.4) is 0 Å². The lowest BCUT2D eigenvalue weighted by Gasteiger charge is -2.03. The predicted molar refractivity (Wildman–Crippen MR) is 57.6 cm³/mol. The van der Waals surface area contributed by atoms with Gasteiger partial charge in [-0.2, -0.15) is 9.78 Å². The van der Waals surface area contributed by atoms with E-state index in [9.17, 15) is 4.79 Å². The molecule has 0 unspecified atom stereocenters. The van der Waals surface area contributed by atoms with Gasteiger partial charge in [-0.25, -0.2) is 4.98 Å². The molecular formula is C9H5Cl2N3O. The molecule has 0 bridgehead atoms. The van der Waals surface area contributed by atoms with E-state index >= 15 is 0 Å². The van der Waals surface area contributed by atoms with Crippen molar-refractivity contribution in [1.29, 1.82) is 0 Å². The lowest BCUT2D eigenvalue weighted by molar-refractivity contribution is 0.782. The van der Waals surface area contributed by atoms with E-state index < -0.39 is 5.56 Å². The van der Waals surface area contributed by atoms with Gasteiger partial charge in [-0.05, 0) is 12.1 Å². The van der Waals surface area contributed by atoms with Crippen LogP contribution in [0.2, 0.25) is 10.0 Å². The zero-order chi connectivity index (χ0) is 10.8. The molecule has 0 N–H and O–H groups in total. The van der Waals surface area contributed by atoms with Gasteiger partial charge >= 0.3 is 0 Å². The summed E-state index contributed by atoms with van der Waals surface area (Å²) in [6, 6.07) is 5.14. The summed E-state index contributed by atoms with van der Waals surface area (Å²) in [6.45, 7) is 0. The van der Waals surface area contributed by atoms with Crippen LogP contribution in [-0.4, -0.2) is 14.8 Å². The van der Waals surface area contributed by atoms with Gasteiger partial charge in [-0.3, -0.25) is 4.79 Å². The Labute approximate surface area is 95.1 Å². The van der Waals surface area contributed by atoms with E-state index in [1.165, 1.54) is 6.20 Å². The lowest BCUT2D eigenvalue weighted by Crippen LogP contribution is -2.22. The van der Waals surface area contributed by atoms with Gasteiger partial charge in [0.25, 0.3) is 5.56 Å². The largest absolute Gasteiger partial charge is 0.293 e. The van der Waals surface area contributed by atoms with Crippen LogP contribution in [0.15, 0.2) is 35.4 Å². The Morgan fingerprint density at radius 1 is 1.27 bits per heavy atom. The molecule has 2 rings (SSSR count). The minimum atomic E-state index is -0.483. The fraction of sp³-hybridized carbons (Fsp3) is 0. The first kappa shape index (κ1) is 10.1. The summed E-state index contributed by atoms with van der Waals surface area (Å²) >= 11 is 11.3. The highest BCUT2D eigenvalue weighted by Crippen LogP contribution is 2.15. The zero-order valence-corrected chi connectivity index (χ0v) is 8.90. The first-order chi connectivity index (χ1) is 7.20. The highest BCUT2D eigenvalue weighted by atomic mass is 35.5. The molecule has 0 spiro atoms. The van der Waals surface area contributed by atoms with Gasteiger partial charge in [0.2, 0.25) is 0 Å². The molecule has 15 heavy (non-hydrogen) atoms. The highest BCUT2D eigenvalue weighted by Gasteiger charge is 2.08. The molecule has 0 amide bonds. The Balaban J connectivity index is 2.66. The van der Waals surface area contributed by atoms with E-state index in [0.29, 0.717) is 5.82 Å². The fourth-order valence-corrected chi connectivity index (χ4v) is 1.31. The van der Waals surface area contributed by atoms with E-state index in [0.717, 1.165) is 4.68 Å². The van der Waals surface area contributed by atoms with Crippen LogP contribution in [0.4, 0.5) is 0 Å².